The minimum absolute atomic E-state index is 0.194. The fraction of sp³-hybridized carbons (Fsp3) is 0.688. The molecule has 19 heavy (non-hydrogen) atoms. The zero-order valence-electron chi connectivity index (χ0n) is 12.9. The summed E-state index contributed by atoms with van der Waals surface area (Å²) in [6.07, 6.45) is 5.33. The molecule has 0 bridgehead atoms. The summed E-state index contributed by atoms with van der Waals surface area (Å²) in [7, 11) is 0. The second-order valence-electron chi connectivity index (χ2n) is 5.43. The number of anilines is 1. The first-order valence-electron chi connectivity index (χ1n) is 7.56. The quantitative estimate of drug-likeness (QED) is 0.783. The molecule has 1 rings (SSSR count). The Hall–Kier alpha value is -1.09. The number of aromatic nitrogens is 1. The van der Waals surface area contributed by atoms with E-state index < -0.39 is 0 Å². The van der Waals surface area contributed by atoms with Gasteiger partial charge in [-0.3, -0.25) is 0 Å². The SMILES string of the molecule is CCC(CC)CN(CC)c1ccc(CC(C)N)cn1. The van der Waals surface area contributed by atoms with Crippen LogP contribution in [0, 0.1) is 5.92 Å². The van der Waals surface area contributed by atoms with Crippen molar-refractivity contribution in [1.82, 2.24) is 4.98 Å². The first-order chi connectivity index (χ1) is 9.10. The van der Waals surface area contributed by atoms with Crippen molar-refractivity contribution in [2.24, 2.45) is 11.7 Å². The number of pyridine rings is 1. The third-order valence-corrected chi connectivity index (χ3v) is 3.71. The summed E-state index contributed by atoms with van der Waals surface area (Å²) in [4.78, 5) is 6.96. The first-order valence-corrected chi connectivity index (χ1v) is 7.56. The Labute approximate surface area is 118 Å². The van der Waals surface area contributed by atoms with Gasteiger partial charge in [0.25, 0.3) is 0 Å². The molecule has 0 saturated heterocycles. The van der Waals surface area contributed by atoms with Crippen molar-refractivity contribution in [2.45, 2.75) is 53.0 Å². The molecule has 0 radical (unpaired) electrons. The lowest BCUT2D eigenvalue weighted by molar-refractivity contribution is 0.484. The Balaban J connectivity index is 2.70. The molecule has 3 nitrogen and oxygen atoms in total. The van der Waals surface area contributed by atoms with E-state index in [4.69, 9.17) is 5.73 Å². The fourth-order valence-corrected chi connectivity index (χ4v) is 2.34. The molecule has 0 aromatic carbocycles. The van der Waals surface area contributed by atoms with E-state index in [9.17, 15) is 0 Å². The maximum absolute atomic E-state index is 5.81. The maximum atomic E-state index is 5.81. The third-order valence-electron chi connectivity index (χ3n) is 3.71. The Morgan fingerprint density at radius 3 is 2.32 bits per heavy atom. The van der Waals surface area contributed by atoms with E-state index in [2.05, 4.69) is 42.8 Å². The summed E-state index contributed by atoms with van der Waals surface area (Å²) in [6, 6.07) is 4.48. The molecule has 108 valence electrons. The van der Waals surface area contributed by atoms with Gasteiger partial charge in [0.1, 0.15) is 5.82 Å². The third kappa shape index (κ3) is 5.19. The van der Waals surface area contributed by atoms with Crippen LogP contribution in [0.2, 0.25) is 0 Å². The van der Waals surface area contributed by atoms with E-state index in [-0.39, 0.29) is 6.04 Å². The average Bonchev–Trinajstić information content (AvgIpc) is 2.41. The first kappa shape index (κ1) is 16.0. The predicted octanol–water partition coefficient (Wildman–Crippen LogP) is 3.23. The van der Waals surface area contributed by atoms with Gasteiger partial charge in [0, 0.05) is 25.3 Å². The highest BCUT2D eigenvalue weighted by Gasteiger charge is 2.11. The van der Waals surface area contributed by atoms with Gasteiger partial charge in [-0.05, 0) is 37.8 Å². The molecule has 1 aromatic rings. The Kier molecular flexibility index (Phi) is 6.85. The van der Waals surface area contributed by atoms with Crippen LogP contribution >= 0.6 is 0 Å². The largest absolute Gasteiger partial charge is 0.357 e. The van der Waals surface area contributed by atoms with E-state index in [1.165, 1.54) is 18.4 Å². The highest BCUT2D eigenvalue weighted by molar-refractivity contribution is 5.39. The van der Waals surface area contributed by atoms with Crippen LogP contribution in [-0.4, -0.2) is 24.1 Å². The molecule has 0 aliphatic heterocycles. The molecule has 2 N–H and O–H groups in total. The molecule has 1 atom stereocenters. The molecule has 0 amide bonds. The number of hydrogen-bond acceptors (Lipinski definition) is 3. The van der Waals surface area contributed by atoms with Crippen molar-refractivity contribution < 1.29 is 0 Å². The second kappa shape index (κ2) is 8.16. The van der Waals surface area contributed by atoms with Gasteiger partial charge in [0.15, 0.2) is 0 Å². The average molecular weight is 263 g/mol. The smallest absolute Gasteiger partial charge is 0.128 e. The Morgan fingerprint density at radius 1 is 1.21 bits per heavy atom. The Morgan fingerprint density at radius 2 is 1.89 bits per heavy atom. The molecule has 1 unspecified atom stereocenters. The lowest BCUT2D eigenvalue weighted by atomic mass is 10.0. The number of nitrogens with zero attached hydrogens (tertiary/aromatic N) is 2. The predicted molar refractivity (Wildman–Crippen MR) is 83.5 cm³/mol. The van der Waals surface area contributed by atoms with Gasteiger partial charge in [-0.2, -0.15) is 0 Å². The van der Waals surface area contributed by atoms with Crippen LogP contribution in [0.3, 0.4) is 0 Å². The van der Waals surface area contributed by atoms with E-state index in [1.807, 2.05) is 13.1 Å². The van der Waals surface area contributed by atoms with Crippen LogP contribution in [0.4, 0.5) is 5.82 Å². The van der Waals surface area contributed by atoms with Crippen molar-refractivity contribution in [3.63, 3.8) is 0 Å². The molecular weight excluding hydrogens is 234 g/mol. The minimum Gasteiger partial charge on any atom is -0.357 e. The van der Waals surface area contributed by atoms with E-state index in [0.29, 0.717) is 0 Å². The summed E-state index contributed by atoms with van der Waals surface area (Å²) in [5.74, 6) is 1.84. The van der Waals surface area contributed by atoms with Gasteiger partial charge in [-0.25, -0.2) is 4.98 Å². The minimum atomic E-state index is 0.194. The van der Waals surface area contributed by atoms with Crippen LogP contribution in [-0.2, 0) is 6.42 Å². The maximum Gasteiger partial charge on any atom is 0.128 e. The van der Waals surface area contributed by atoms with Gasteiger partial charge >= 0.3 is 0 Å². The van der Waals surface area contributed by atoms with Crippen LogP contribution in [0.1, 0.15) is 46.1 Å². The molecule has 3 heteroatoms. The summed E-state index contributed by atoms with van der Waals surface area (Å²) < 4.78 is 0. The normalized spacial score (nSPS) is 12.7. The number of nitrogens with two attached hydrogens (primary N) is 1. The number of hydrogen-bond donors (Lipinski definition) is 1. The summed E-state index contributed by atoms with van der Waals surface area (Å²) >= 11 is 0. The van der Waals surface area contributed by atoms with E-state index in [1.54, 1.807) is 0 Å². The highest BCUT2D eigenvalue weighted by Crippen LogP contribution is 2.17. The molecule has 0 fully saturated rings. The van der Waals surface area contributed by atoms with E-state index >= 15 is 0 Å². The summed E-state index contributed by atoms with van der Waals surface area (Å²) in [5, 5.41) is 0. The zero-order chi connectivity index (χ0) is 14.3. The summed E-state index contributed by atoms with van der Waals surface area (Å²) in [5.41, 5.74) is 7.03. The fourth-order valence-electron chi connectivity index (χ4n) is 2.34. The van der Waals surface area contributed by atoms with Gasteiger partial charge in [0.05, 0.1) is 0 Å². The molecule has 1 heterocycles. The lowest BCUT2D eigenvalue weighted by Gasteiger charge is -2.26. The van der Waals surface area contributed by atoms with Crippen molar-refractivity contribution in [3.8, 4) is 0 Å². The highest BCUT2D eigenvalue weighted by atomic mass is 15.2. The van der Waals surface area contributed by atoms with Gasteiger partial charge in [0.2, 0.25) is 0 Å². The van der Waals surface area contributed by atoms with Crippen LogP contribution in [0.5, 0.6) is 0 Å². The molecule has 0 aliphatic rings. The second-order valence-corrected chi connectivity index (χ2v) is 5.43. The molecule has 1 aromatic heterocycles. The van der Waals surface area contributed by atoms with Gasteiger partial charge in [-0.1, -0.05) is 32.8 Å². The zero-order valence-corrected chi connectivity index (χ0v) is 12.9. The van der Waals surface area contributed by atoms with Crippen molar-refractivity contribution in [3.05, 3.63) is 23.9 Å². The summed E-state index contributed by atoms with van der Waals surface area (Å²) in [6.45, 7) is 10.9. The van der Waals surface area contributed by atoms with E-state index in [0.717, 1.165) is 31.2 Å². The monoisotopic (exact) mass is 263 g/mol. The van der Waals surface area contributed by atoms with Crippen molar-refractivity contribution in [2.75, 3.05) is 18.0 Å². The molecule has 0 saturated carbocycles. The van der Waals surface area contributed by atoms with Crippen LogP contribution in [0.25, 0.3) is 0 Å². The molecular formula is C16H29N3. The molecule has 0 spiro atoms. The van der Waals surface area contributed by atoms with Crippen molar-refractivity contribution >= 4 is 5.82 Å². The molecule has 0 aliphatic carbocycles. The van der Waals surface area contributed by atoms with Crippen LogP contribution < -0.4 is 10.6 Å². The Bertz CT molecular complexity index is 342. The van der Waals surface area contributed by atoms with Gasteiger partial charge in [-0.15, -0.1) is 0 Å². The standard InChI is InChI=1S/C16H29N3/c1-5-14(6-2)12-19(7-3)16-9-8-15(11-18-16)10-13(4)17/h8-9,11,13-14H,5-7,10,12,17H2,1-4H3. The van der Waals surface area contributed by atoms with Crippen LogP contribution in [0.15, 0.2) is 18.3 Å². The van der Waals surface area contributed by atoms with Gasteiger partial charge < -0.3 is 10.6 Å². The van der Waals surface area contributed by atoms with Crippen molar-refractivity contribution in [1.29, 1.82) is 0 Å². The number of rotatable bonds is 8. The lowest BCUT2D eigenvalue weighted by Crippen LogP contribution is -2.29. The topological polar surface area (TPSA) is 42.1 Å².